The number of aromatic nitrogens is 1. The van der Waals surface area contributed by atoms with Crippen molar-refractivity contribution in [3.63, 3.8) is 0 Å². The van der Waals surface area contributed by atoms with Gasteiger partial charge in [-0.3, -0.25) is 4.79 Å². The zero-order valence-electron chi connectivity index (χ0n) is 11.1. The Labute approximate surface area is 126 Å². The lowest BCUT2D eigenvalue weighted by molar-refractivity contribution is 0.0973. The third-order valence-electron chi connectivity index (χ3n) is 3.52. The molecule has 0 aliphatic carbocycles. The van der Waals surface area contributed by atoms with Crippen LogP contribution < -0.4 is 0 Å². The van der Waals surface area contributed by atoms with Gasteiger partial charge in [-0.05, 0) is 30.7 Å². The lowest BCUT2D eigenvalue weighted by Gasteiger charge is -2.07. The fourth-order valence-corrected chi connectivity index (χ4v) is 2.95. The minimum atomic E-state index is 0.108. The highest BCUT2D eigenvalue weighted by Gasteiger charge is 2.11. The van der Waals surface area contributed by atoms with Crippen LogP contribution in [-0.4, -0.2) is 10.4 Å². The van der Waals surface area contributed by atoms with Crippen molar-refractivity contribution in [1.82, 2.24) is 4.57 Å². The van der Waals surface area contributed by atoms with Crippen LogP contribution in [0.25, 0.3) is 10.9 Å². The van der Waals surface area contributed by atoms with Crippen molar-refractivity contribution >= 4 is 32.6 Å². The average Bonchev–Trinajstić information content (AvgIpc) is 2.84. The molecular formula is C17H14BrNO. The molecule has 0 radical (unpaired) electrons. The molecule has 3 rings (SSSR count). The number of ketones is 1. The topological polar surface area (TPSA) is 22.0 Å². The molecule has 0 fully saturated rings. The molecule has 0 amide bonds. The van der Waals surface area contributed by atoms with Crippen LogP contribution in [-0.2, 0) is 6.54 Å². The van der Waals surface area contributed by atoms with Crippen molar-refractivity contribution in [2.24, 2.45) is 0 Å². The Kier molecular flexibility index (Phi) is 3.45. The van der Waals surface area contributed by atoms with Gasteiger partial charge in [-0.25, -0.2) is 0 Å². The second-order valence-corrected chi connectivity index (χ2v) is 5.71. The number of aryl methyl sites for hydroxylation is 1. The van der Waals surface area contributed by atoms with Crippen LogP contribution in [0.3, 0.4) is 0 Å². The van der Waals surface area contributed by atoms with Gasteiger partial charge >= 0.3 is 0 Å². The van der Waals surface area contributed by atoms with E-state index in [9.17, 15) is 4.79 Å². The van der Waals surface area contributed by atoms with Gasteiger partial charge in [0.15, 0.2) is 5.78 Å². The van der Waals surface area contributed by atoms with E-state index in [1.807, 2.05) is 41.1 Å². The molecule has 0 saturated heterocycles. The number of benzene rings is 2. The van der Waals surface area contributed by atoms with Gasteiger partial charge in [-0.2, -0.15) is 0 Å². The lowest BCUT2D eigenvalue weighted by atomic mass is 10.1. The van der Waals surface area contributed by atoms with E-state index >= 15 is 0 Å². The summed E-state index contributed by atoms with van der Waals surface area (Å²) in [5.41, 5.74) is 3.06. The summed E-state index contributed by atoms with van der Waals surface area (Å²) in [5, 5.41) is 1.20. The Bertz CT molecular complexity index is 789. The molecule has 100 valence electrons. The second-order valence-electron chi connectivity index (χ2n) is 4.85. The largest absolute Gasteiger partial charge is 0.340 e. The van der Waals surface area contributed by atoms with Gasteiger partial charge in [0.2, 0.25) is 0 Å². The van der Waals surface area contributed by atoms with Crippen molar-refractivity contribution in [1.29, 1.82) is 0 Å². The molecule has 3 aromatic rings. The predicted molar refractivity (Wildman–Crippen MR) is 85.1 cm³/mol. The molecule has 0 aliphatic rings. The maximum Gasteiger partial charge on any atom is 0.183 e. The number of Topliss-reactive ketones (excluding diaryl/α,β-unsaturated/α-hetero) is 1. The van der Waals surface area contributed by atoms with Gasteiger partial charge in [-0.1, -0.05) is 46.3 Å². The van der Waals surface area contributed by atoms with Crippen LogP contribution >= 0.6 is 15.9 Å². The monoisotopic (exact) mass is 327 g/mol. The Balaban J connectivity index is 1.96. The summed E-state index contributed by atoms with van der Waals surface area (Å²) < 4.78 is 2.85. The number of halogens is 1. The molecule has 20 heavy (non-hydrogen) atoms. The van der Waals surface area contributed by atoms with Crippen molar-refractivity contribution < 1.29 is 4.79 Å². The van der Waals surface area contributed by atoms with E-state index < -0.39 is 0 Å². The maximum atomic E-state index is 12.4. The smallest absolute Gasteiger partial charge is 0.183 e. The summed E-state index contributed by atoms with van der Waals surface area (Å²) in [7, 11) is 0. The summed E-state index contributed by atoms with van der Waals surface area (Å²) in [4.78, 5) is 12.4. The Morgan fingerprint density at radius 2 is 1.90 bits per heavy atom. The molecule has 0 N–H and O–H groups in total. The summed E-state index contributed by atoms with van der Waals surface area (Å²) in [5.74, 6) is 0.108. The summed E-state index contributed by atoms with van der Waals surface area (Å²) in [6, 6.07) is 15.8. The highest BCUT2D eigenvalue weighted by molar-refractivity contribution is 9.10. The Hall–Kier alpha value is -1.87. The molecule has 0 unspecified atom stereocenters. The van der Waals surface area contributed by atoms with E-state index in [-0.39, 0.29) is 5.78 Å². The standard InChI is InChI=1S/C17H14BrNO/c1-12-5-4-8-16-13(12)9-10-19(16)11-17(20)14-6-2-3-7-15(14)18/h2-10H,11H2,1H3. The molecule has 0 saturated carbocycles. The number of carbonyl (C=O) groups is 1. The molecule has 0 aliphatic heterocycles. The summed E-state index contributed by atoms with van der Waals surface area (Å²) in [6.07, 6.45) is 1.98. The molecule has 0 atom stereocenters. The van der Waals surface area contributed by atoms with Crippen molar-refractivity contribution in [2.75, 3.05) is 0 Å². The number of carbonyl (C=O) groups excluding carboxylic acids is 1. The first-order chi connectivity index (χ1) is 9.66. The van der Waals surface area contributed by atoms with E-state index in [1.54, 1.807) is 0 Å². The Morgan fingerprint density at radius 1 is 1.10 bits per heavy atom. The lowest BCUT2D eigenvalue weighted by Crippen LogP contribution is -2.10. The van der Waals surface area contributed by atoms with Gasteiger partial charge < -0.3 is 4.57 Å². The van der Waals surface area contributed by atoms with Gasteiger partial charge in [0.05, 0.1) is 6.54 Å². The number of rotatable bonds is 3. The molecule has 0 bridgehead atoms. The first kappa shape index (κ1) is 13.1. The molecule has 0 spiro atoms. The summed E-state index contributed by atoms with van der Waals surface area (Å²) >= 11 is 3.43. The second kappa shape index (κ2) is 5.25. The zero-order valence-corrected chi connectivity index (χ0v) is 12.7. The van der Waals surface area contributed by atoms with Gasteiger partial charge in [-0.15, -0.1) is 0 Å². The Morgan fingerprint density at radius 3 is 2.70 bits per heavy atom. The van der Waals surface area contributed by atoms with Crippen molar-refractivity contribution in [3.05, 3.63) is 70.3 Å². The van der Waals surface area contributed by atoms with Gasteiger partial charge in [0, 0.05) is 27.1 Å². The van der Waals surface area contributed by atoms with Crippen LogP contribution in [0.4, 0.5) is 0 Å². The molecule has 1 heterocycles. The first-order valence-corrected chi connectivity index (χ1v) is 7.28. The highest BCUT2D eigenvalue weighted by atomic mass is 79.9. The van der Waals surface area contributed by atoms with Crippen LogP contribution in [0.5, 0.6) is 0 Å². The van der Waals surface area contributed by atoms with Gasteiger partial charge in [0.1, 0.15) is 0 Å². The predicted octanol–water partition coefficient (Wildman–Crippen LogP) is 4.60. The average molecular weight is 328 g/mol. The molecule has 3 heteroatoms. The summed E-state index contributed by atoms with van der Waals surface area (Å²) in [6.45, 7) is 2.44. The number of fused-ring (bicyclic) bond motifs is 1. The number of hydrogen-bond donors (Lipinski definition) is 0. The fourth-order valence-electron chi connectivity index (χ4n) is 2.44. The van der Waals surface area contributed by atoms with Crippen LogP contribution in [0.2, 0.25) is 0 Å². The minimum Gasteiger partial charge on any atom is -0.340 e. The number of nitrogens with zero attached hydrogens (tertiary/aromatic N) is 1. The molecule has 2 aromatic carbocycles. The van der Waals surface area contributed by atoms with Gasteiger partial charge in [0.25, 0.3) is 0 Å². The van der Waals surface area contributed by atoms with E-state index in [0.717, 1.165) is 15.6 Å². The van der Waals surface area contributed by atoms with E-state index in [0.29, 0.717) is 6.54 Å². The van der Waals surface area contributed by atoms with Crippen LogP contribution in [0, 0.1) is 6.92 Å². The fraction of sp³-hybridized carbons (Fsp3) is 0.118. The quantitative estimate of drug-likeness (QED) is 0.644. The van der Waals surface area contributed by atoms with Crippen molar-refractivity contribution in [2.45, 2.75) is 13.5 Å². The molecule has 1 aromatic heterocycles. The SMILES string of the molecule is Cc1cccc2c1ccn2CC(=O)c1ccccc1Br. The van der Waals surface area contributed by atoms with Crippen LogP contribution in [0.1, 0.15) is 15.9 Å². The first-order valence-electron chi connectivity index (χ1n) is 6.49. The van der Waals surface area contributed by atoms with E-state index in [2.05, 4.69) is 41.1 Å². The third kappa shape index (κ3) is 2.29. The van der Waals surface area contributed by atoms with E-state index in [1.165, 1.54) is 10.9 Å². The van der Waals surface area contributed by atoms with Crippen molar-refractivity contribution in [3.8, 4) is 0 Å². The molecular weight excluding hydrogens is 314 g/mol. The normalized spacial score (nSPS) is 10.9. The van der Waals surface area contributed by atoms with Crippen LogP contribution in [0.15, 0.2) is 59.2 Å². The maximum absolute atomic E-state index is 12.4. The van der Waals surface area contributed by atoms with E-state index in [4.69, 9.17) is 0 Å². The number of hydrogen-bond acceptors (Lipinski definition) is 1. The molecule has 2 nitrogen and oxygen atoms in total. The highest BCUT2D eigenvalue weighted by Crippen LogP contribution is 2.21. The minimum absolute atomic E-state index is 0.108. The third-order valence-corrected chi connectivity index (χ3v) is 4.21. The zero-order chi connectivity index (χ0) is 14.1.